The number of rotatable bonds is 7. The highest BCUT2D eigenvalue weighted by atomic mass is 16.5. The Morgan fingerprint density at radius 3 is 2.13 bits per heavy atom. The molecule has 0 bridgehead atoms. The van der Waals surface area contributed by atoms with E-state index in [4.69, 9.17) is 14.2 Å². The molecule has 0 N–H and O–H groups in total. The maximum Gasteiger partial charge on any atom is 0.169 e. The van der Waals surface area contributed by atoms with Crippen LogP contribution in [0.15, 0.2) is 90.1 Å². The fourth-order valence-electron chi connectivity index (χ4n) is 3.27. The lowest BCUT2D eigenvalue weighted by Gasteiger charge is -2.09. The van der Waals surface area contributed by atoms with E-state index in [0.29, 0.717) is 11.5 Å². The van der Waals surface area contributed by atoms with E-state index in [9.17, 15) is 0 Å². The summed E-state index contributed by atoms with van der Waals surface area (Å²) >= 11 is 0. The van der Waals surface area contributed by atoms with E-state index in [2.05, 4.69) is 28.7 Å². The molecular formula is C26H24N2O3. The normalized spacial score (nSPS) is 10.9. The number of aromatic nitrogens is 1. The van der Waals surface area contributed by atoms with Crippen LogP contribution in [-0.4, -0.2) is 25.0 Å². The molecule has 0 aliphatic rings. The van der Waals surface area contributed by atoms with E-state index in [1.807, 2.05) is 79.0 Å². The molecule has 0 spiro atoms. The molecule has 3 aromatic carbocycles. The predicted octanol–water partition coefficient (Wildman–Crippen LogP) is 6.35. The quantitative estimate of drug-likeness (QED) is 0.332. The number of para-hydroxylation sites is 2. The molecular weight excluding hydrogens is 388 g/mol. The highest BCUT2D eigenvalue weighted by Crippen LogP contribution is 2.31. The van der Waals surface area contributed by atoms with Crippen LogP contribution in [0.3, 0.4) is 0 Å². The second-order valence-electron chi connectivity index (χ2n) is 6.99. The largest absolute Gasteiger partial charge is 0.497 e. The van der Waals surface area contributed by atoms with Crippen molar-refractivity contribution >= 4 is 11.9 Å². The predicted molar refractivity (Wildman–Crippen MR) is 124 cm³/mol. The van der Waals surface area contributed by atoms with Crippen molar-refractivity contribution in [2.75, 3.05) is 14.2 Å². The monoisotopic (exact) mass is 412 g/mol. The SMILES string of the molecule is COc1ccc(-n2cc(C=Nc3ccc(Oc4ccccc4OC)cc3)cc2C)cc1. The number of methoxy groups -OCH3 is 2. The zero-order valence-electron chi connectivity index (χ0n) is 17.8. The lowest BCUT2D eigenvalue weighted by Crippen LogP contribution is -1.94. The number of aliphatic imine (C=N–C) groups is 1. The standard InChI is InChI=1S/C26H24N2O3/c1-19-16-20(18-28(19)22-10-14-23(29-2)15-11-22)17-27-21-8-12-24(13-9-21)31-26-7-5-4-6-25(26)30-3/h4-18H,1-3H3. The average molecular weight is 412 g/mol. The van der Waals surface area contributed by atoms with Crippen LogP contribution in [0.25, 0.3) is 5.69 Å². The molecule has 0 saturated heterocycles. The van der Waals surface area contributed by atoms with Crippen LogP contribution in [0.4, 0.5) is 5.69 Å². The van der Waals surface area contributed by atoms with Gasteiger partial charge < -0.3 is 18.8 Å². The highest BCUT2D eigenvalue weighted by Gasteiger charge is 2.05. The van der Waals surface area contributed by atoms with Crippen LogP contribution >= 0.6 is 0 Å². The van der Waals surface area contributed by atoms with Crippen molar-refractivity contribution in [2.24, 2.45) is 4.99 Å². The van der Waals surface area contributed by atoms with Crippen molar-refractivity contribution in [3.8, 4) is 28.7 Å². The average Bonchev–Trinajstić information content (AvgIpc) is 3.19. The van der Waals surface area contributed by atoms with E-state index in [1.165, 1.54) is 0 Å². The van der Waals surface area contributed by atoms with Gasteiger partial charge in [0.2, 0.25) is 0 Å². The molecule has 1 heterocycles. The molecule has 0 saturated carbocycles. The smallest absolute Gasteiger partial charge is 0.169 e. The van der Waals surface area contributed by atoms with Gasteiger partial charge in [-0.2, -0.15) is 0 Å². The van der Waals surface area contributed by atoms with E-state index in [-0.39, 0.29) is 0 Å². The third-order valence-electron chi connectivity index (χ3n) is 4.88. The van der Waals surface area contributed by atoms with Gasteiger partial charge in [-0.05, 0) is 73.7 Å². The van der Waals surface area contributed by atoms with Crippen LogP contribution in [0.5, 0.6) is 23.0 Å². The van der Waals surface area contributed by atoms with Gasteiger partial charge in [0.15, 0.2) is 11.5 Å². The van der Waals surface area contributed by atoms with Crippen molar-refractivity contribution in [3.05, 3.63) is 96.3 Å². The number of hydrogen-bond acceptors (Lipinski definition) is 4. The zero-order chi connectivity index (χ0) is 21.6. The van der Waals surface area contributed by atoms with Crippen LogP contribution in [0.2, 0.25) is 0 Å². The first kappa shape index (κ1) is 20.3. The van der Waals surface area contributed by atoms with Gasteiger partial charge in [-0.3, -0.25) is 4.99 Å². The van der Waals surface area contributed by atoms with Crippen molar-refractivity contribution in [1.82, 2.24) is 4.57 Å². The van der Waals surface area contributed by atoms with Crippen LogP contribution < -0.4 is 14.2 Å². The summed E-state index contributed by atoms with van der Waals surface area (Å²) < 4.78 is 18.6. The summed E-state index contributed by atoms with van der Waals surface area (Å²) in [5.74, 6) is 2.94. The molecule has 0 radical (unpaired) electrons. The molecule has 31 heavy (non-hydrogen) atoms. The van der Waals surface area contributed by atoms with Gasteiger partial charge in [0.25, 0.3) is 0 Å². The fourth-order valence-corrected chi connectivity index (χ4v) is 3.27. The number of aryl methyl sites for hydroxylation is 1. The van der Waals surface area contributed by atoms with Crippen LogP contribution in [0.1, 0.15) is 11.3 Å². The Morgan fingerprint density at radius 1 is 0.774 bits per heavy atom. The molecule has 1 aromatic heterocycles. The number of nitrogens with zero attached hydrogens (tertiary/aromatic N) is 2. The third-order valence-corrected chi connectivity index (χ3v) is 4.88. The fraction of sp³-hybridized carbons (Fsp3) is 0.115. The number of benzene rings is 3. The summed E-state index contributed by atoms with van der Waals surface area (Å²) in [5.41, 5.74) is 4.09. The Balaban J connectivity index is 1.46. The van der Waals surface area contributed by atoms with Crippen molar-refractivity contribution < 1.29 is 14.2 Å². The van der Waals surface area contributed by atoms with Crippen LogP contribution in [-0.2, 0) is 0 Å². The molecule has 0 atom stereocenters. The Bertz CT molecular complexity index is 1180. The minimum atomic E-state index is 0.677. The highest BCUT2D eigenvalue weighted by molar-refractivity contribution is 5.82. The minimum Gasteiger partial charge on any atom is -0.497 e. The summed E-state index contributed by atoms with van der Waals surface area (Å²) in [5, 5.41) is 0. The Labute approximate surface area is 182 Å². The zero-order valence-corrected chi connectivity index (χ0v) is 17.8. The van der Waals surface area contributed by atoms with E-state index in [0.717, 1.165) is 34.1 Å². The van der Waals surface area contributed by atoms with E-state index < -0.39 is 0 Å². The molecule has 5 nitrogen and oxygen atoms in total. The molecule has 0 amide bonds. The topological polar surface area (TPSA) is 45.0 Å². The van der Waals surface area contributed by atoms with Crippen molar-refractivity contribution in [2.45, 2.75) is 6.92 Å². The molecule has 4 rings (SSSR count). The van der Waals surface area contributed by atoms with Gasteiger partial charge >= 0.3 is 0 Å². The van der Waals surface area contributed by atoms with Gasteiger partial charge in [0.1, 0.15) is 11.5 Å². The van der Waals surface area contributed by atoms with Gasteiger partial charge in [-0.15, -0.1) is 0 Å². The maximum atomic E-state index is 5.91. The number of hydrogen-bond donors (Lipinski definition) is 0. The van der Waals surface area contributed by atoms with E-state index >= 15 is 0 Å². The Hall–Kier alpha value is -3.99. The minimum absolute atomic E-state index is 0.677. The first-order chi connectivity index (χ1) is 15.2. The summed E-state index contributed by atoms with van der Waals surface area (Å²) in [6.07, 6.45) is 3.93. The lowest BCUT2D eigenvalue weighted by molar-refractivity contribution is 0.379. The molecule has 156 valence electrons. The third kappa shape index (κ3) is 4.78. The lowest BCUT2D eigenvalue weighted by atomic mass is 10.3. The second kappa shape index (κ2) is 9.22. The van der Waals surface area contributed by atoms with Crippen LogP contribution in [0, 0.1) is 6.92 Å². The molecule has 0 aliphatic carbocycles. The van der Waals surface area contributed by atoms with Gasteiger partial charge in [0, 0.05) is 29.4 Å². The molecule has 0 fully saturated rings. The van der Waals surface area contributed by atoms with E-state index in [1.54, 1.807) is 14.2 Å². The molecule has 0 aliphatic heterocycles. The van der Waals surface area contributed by atoms with Crippen molar-refractivity contribution in [1.29, 1.82) is 0 Å². The second-order valence-corrected chi connectivity index (χ2v) is 6.99. The summed E-state index contributed by atoms with van der Waals surface area (Å²) in [7, 11) is 3.30. The van der Waals surface area contributed by atoms with Gasteiger partial charge in [-0.25, -0.2) is 0 Å². The first-order valence-electron chi connectivity index (χ1n) is 9.94. The molecule has 0 unspecified atom stereocenters. The van der Waals surface area contributed by atoms with Gasteiger partial charge in [-0.1, -0.05) is 12.1 Å². The summed E-state index contributed by atoms with van der Waals surface area (Å²) in [6, 6.07) is 25.3. The molecule has 5 heteroatoms. The number of ether oxygens (including phenoxy) is 3. The van der Waals surface area contributed by atoms with Crippen molar-refractivity contribution in [3.63, 3.8) is 0 Å². The Morgan fingerprint density at radius 2 is 1.45 bits per heavy atom. The molecule has 4 aromatic rings. The first-order valence-corrected chi connectivity index (χ1v) is 9.94. The maximum absolute atomic E-state index is 5.91. The summed E-state index contributed by atoms with van der Waals surface area (Å²) in [6.45, 7) is 2.07. The summed E-state index contributed by atoms with van der Waals surface area (Å²) in [4.78, 5) is 4.60. The van der Waals surface area contributed by atoms with Gasteiger partial charge in [0.05, 0.1) is 19.9 Å². The Kier molecular flexibility index (Phi) is 6.03.